The molecular weight excluding hydrogens is 302 g/mol. The van der Waals surface area contributed by atoms with E-state index in [1.807, 2.05) is 18.2 Å². The van der Waals surface area contributed by atoms with Gasteiger partial charge in [0.15, 0.2) is 0 Å². The number of likely N-dealkylation sites (N-methyl/N-ethyl adjacent to an activating group) is 2. The van der Waals surface area contributed by atoms with Crippen molar-refractivity contribution >= 4 is 11.8 Å². The maximum absolute atomic E-state index is 10.7. The summed E-state index contributed by atoms with van der Waals surface area (Å²) >= 11 is 1.41. The molecule has 22 heavy (non-hydrogen) atoms. The first kappa shape index (κ1) is 19.3. The second kappa shape index (κ2) is 9.37. The molecule has 3 atom stereocenters. The SMILES string of the molecule is CCN(CC1COCC1C)C(C)CN(C)C(=C[N+](=O)[O-])SC. The summed E-state index contributed by atoms with van der Waals surface area (Å²) < 4.78 is 5.55. The predicted octanol–water partition coefficient (Wildman–Crippen LogP) is 2.35. The number of nitrogens with zero attached hydrogens (tertiary/aromatic N) is 3. The van der Waals surface area contributed by atoms with E-state index in [9.17, 15) is 10.1 Å². The van der Waals surface area contributed by atoms with E-state index in [0.29, 0.717) is 22.9 Å². The smallest absolute Gasteiger partial charge is 0.264 e. The molecule has 0 amide bonds. The molecule has 0 aromatic heterocycles. The fourth-order valence-corrected chi connectivity index (χ4v) is 3.44. The molecule has 0 N–H and O–H groups in total. The number of hydrogen-bond acceptors (Lipinski definition) is 6. The topological polar surface area (TPSA) is 58.8 Å². The van der Waals surface area contributed by atoms with Gasteiger partial charge in [-0.25, -0.2) is 0 Å². The molecule has 1 saturated heterocycles. The van der Waals surface area contributed by atoms with Gasteiger partial charge < -0.3 is 9.64 Å². The van der Waals surface area contributed by atoms with E-state index in [4.69, 9.17) is 4.74 Å². The molecule has 0 bridgehead atoms. The van der Waals surface area contributed by atoms with Gasteiger partial charge in [-0.15, -0.1) is 11.8 Å². The lowest BCUT2D eigenvalue weighted by atomic mass is 9.97. The molecule has 0 aliphatic carbocycles. The van der Waals surface area contributed by atoms with Crippen LogP contribution in [0.25, 0.3) is 0 Å². The fraction of sp³-hybridized carbons (Fsp3) is 0.867. The van der Waals surface area contributed by atoms with Crippen LogP contribution in [0.5, 0.6) is 0 Å². The van der Waals surface area contributed by atoms with Gasteiger partial charge in [-0.05, 0) is 31.6 Å². The van der Waals surface area contributed by atoms with Crippen molar-refractivity contribution in [3.05, 3.63) is 21.3 Å². The zero-order valence-corrected chi connectivity index (χ0v) is 15.1. The van der Waals surface area contributed by atoms with Crippen LogP contribution < -0.4 is 0 Å². The standard InChI is InChI=1S/C15H29N3O3S/c1-6-17(8-14-11-21-10-12(14)2)13(3)7-16(4)15(22-5)9-18(19)20/h9,12-14H,6-8,10-11H2,1-5H3. The molecule has 1 heterocycles. The molecule has 0 aromatic rings. The van der Waals surface area contributed by atoms with Gasteiger partial charge in [0.05, 0.1) is 11.5 Å². The predicted molar refractivity (Wildman–Crippen MR) is 91.4 cm³/mol. The molecule has 1 aliphatic heterocycles. The van der Waals surface area contributed by atoms with Crippen LogP contribution in [0, 0.1) is 22.0 Å². The molecule has 1 fully saturated rings. The van der Waals surface area contributed by atoms with E-state index in [0.717, 1.165) is 39.0 Å². The molecule has 1 aliphatic rings. The van der Waals surface area contributed by atoms with Gasteiger partial charge in [0.1, 0.15) is 5.03 Å². The van der Waals surface area contributed by atoms with Crippen molar-refractivity contribution in [3.8, 4) is 0 Å². The van der Waals surface area contributed by atoms with Crippen LogP contribution in [0.2, 0.25) is 0 Å². The number of nitro groups is 1. The van der Waals surface area contributed by atoms with Crippen LogP contribution in [0.4, 0.5) is 0 Å². The summed E-state index contributed by atoms with van der Waals surface area (Å²) in [5.41, 5.74) is 0. The Kier molecular flexibility index (Phi) is 8.20. The molecule has 128 valence electrons. The summed E-state index contributed by atoms with van der Waals surface area (Å²) in [4.78, 5) is 14.7. The second-order valence-electron chi connectivity index (χ2n) is 6.05. The summed E-state index contributed by atoms with van der Waals surface area (Å²) in [7, 11) is 1.91. The van der Waals surface area contributed by atoms with Crippen molar-refractivity contribution in [2.75, 3.05) is 46.2 Å². The molecule has 0 aromatic carbocycles. The summed E-state index contributed by atoms with van der Waals surface area (Å²) in [5, 5.41) is 11.4. The highest BCUT2D eigenvalue weighted by Gasteiger charge is 2.28. The van der Waals surface area contributed by atoms with Gasteiger partial charge in [0.2, 0.25) is 0 Å². The monoisotopic (exact) mass is 331 g/mol. The maximum atomic E-state index is 10.7. The lowest BCUT2D eigenvalue weighted by molar-refractivity contribution is -0.403. The van der Waals surface area contributed by atoms with Gasteiger partial charge in [0, 0.05) is 32.8 Å². The van der Waals surface area contributed by atoms with E-state index in [1.165, 1.54) is 11.8 Å². The van der Waals surface area contributed by atoms with E-state index >= 15 is 0 Å². The first-order valence-corrected chi connectivity index (χ1v) is 9.03. The van der Waals surface area contributed by atoms with Gasteiger partial charge in [0.25, 0.3) is 6.20 Å². The summed E-state index contributed by atoms with van der Waals surface area (Å²) in [6.07, 6.45) is 2.95. The Hall–Kier alpha value is -0.790. The third kappa shape index (κ3) is 5.78. The highest BCUT2D eigenvalue weighted by molar-refractivity contribution is 8.02. The van der Waals surface area contributed by atoms with Crippen molar-refractivity contribution < 1.29 is 9.66 Å². The summed E-state index contributed by atoms with van der Waals surface area (Å²) in [5.74, 6) is 1.19. The third-order valence-electron chi connectivity index (χ3n) is 4.36. The Morgan fingerprint density at radius 1 is 1.55 bits per heavy atom. The van der Waals surface area contributed by atoms with Gasteiger partial charge in [-0.2, -0.15) is 0 Å². The van der Waals surface area contributed by atoms with Crippen molar-refractivity contribution in [3.63, 3.8) is 0 Å². The van der Waals surface area contributed by atoms with Gasteiger partial charge >= 0.3 is 0 Å². The minimum absolute atomic E-state index is 0.338. The Balaban J connectivity index is 2.59. The van der Waals surface area contributed by atoms with Crippen LogP contribution in [0.1, 0.15) is 20.8 Å². The van der Waals surface area contributed by atoms with Crippen molar-refractivity contribution in [2.24, 2.45) is 11.8 Å². The Morgan fingerprint density at radius 2 is 2.23 bits per heavy atom. The first-order valence-electron chi connectivity index (χ1n) is 7.81. The zero-order valence-electron chi connectivity index (χ0n) is 14.3. The summed E-state index contributed by atoms with van der Waals surface area (Å²) in [6.45, 7) is 11.1. The molecule has 6 nitrogen and oxygen atoms in total. The van der Waals surface area contributed by atoms with Crippen molar-refractivity contribution in [2.45, 2.75) is 26.8 Å². The number of thioether (sulfide) groups is 1. The van der Waals surface area contributed by atoms with Crippen LogP contribution >= 0.6 is 11.8 Å². The molecule has 7 heteroatoms. The fourth-order valence-electron chi connectivity index (χ4n) is 2.86. The highest BCUT2D eigenvalue weighted by Crippen LogP contribution is 2.22. The first-order chi connectivity index (χ1) is 10.4. The Bertz CT molecular complexity index is 392. The van der Waals surface area contributed by atoms with E-state index in [2.05, 4.69) is 25.7 Å². The van der Waals surface area contributed by atoms with E-state index in [1.54, 1.807) is 0 Å². The zero-order chi connectivity index (χ0) is 16.7. The average molecular weight is 331 g/mol. The second-order valence-corrected chi connectivity index (χ2v) is 6.88. The van der Waals surface area contributed by atoms with E-state index in [-0.39, 0.29) is 4.92 Å². The normalized spacial score (nSPS) is 23.8. The van der Waals surface area contributed by atoms with Gasteiger partial charge in [-0.1, -0.05) is 13.8 Å². The minimum atomic E-state index is -0.387. The average Bonchev–Trinajstić information content (AvgIpc) is 2.86. The van der Waals surface area contributed by atoms with Gasteiger partial charge in [-0.3, -0.25) is 15.0 Å². The Labute approximate surface area is 138 Å². The number of ether oxygens (including phenoxy) is 1. The number of hydrogen-bond donors (Lipinski definition) is 0. The molecule has 1 rings (SSSR count). The van der Waals surface area contributed by atoms with Crippen LogP contribution in [-0.4, -0.2) is 66.9 Å². The molecule has 3 unspecified atom stereocenters. The summed E-state index contributed by atoms with van der Waals surface area (Å²) in [6, 6.07) is 0.338. The maximum Gasteiger partial charge on any atom is 0.264 e. The van der Waals surface area contributed by atoms with Crippen LogP contribution in [0.3, 0.4) is 0 Å². The van der Waals surface area contributed by atoms with Crippen LogP contribution in [0.15, 0.2) is 11.2 Å². The highest BCUT2D eigenvalue weighted by atomic mass is 32.2. The third-order valence-corrected chi connectivity index (χ3v) is 5.19. The quantitative estimate of drug-likeness (QED) is 0.477. The lowest BCUT2D eigenvalue weighted by Gasteiger charge is -2.34. The van der Waals surface area contributed by atoms with E-state index < -0.39 is 0 Å². The minimum Gasteiger partial charge on any atom is -0.381 e. The molecule has 0 radical (unpaired) electrons. The Morgan fingerprint density at radius 3 is 2.68 bits per heavy atom. The number of rotatable bonds is 9. The largest absolute Gasteiger partial charge is 0.381 e. The van der Waals surface area contributed by atoms with Crippen molar-refractivity contribution in [1.29, 1.82) is 0 Å². The molecule has 0 saturated carbocycles. The lowest BCUT2D eigenvalue weighted by Crippen LogP contribution is -2.43. The van der Waals surface area contributed by atoms with Crippen molar-refractivity contribution in [1.82, 2.24) is 9.80 Å². The molecule has 0 spiro atoms. The molecular formula is C15H29N3O3S. The van der Waals surface area contributed by atoms with Crippen LogP contribution in [-0.2, 0) is 4.74 Å².